The quantitative estimate of drug-likeness (QED) is 0.881. The van der Waals surface area contributed by atoms with E-state index < -0.39 is 11.6 Å². The van der Waals surface area contributed by atoms with Crippen LogP contribution in [0.25, 0.3) is 0 Å². The first-order valence-corrected chi connectivity index (χ1v) is 7.03. The molecule has 1 atom stereocenters. The maximum absolute atomic E-state index is 14.1. The highest BCUT2D eigenvalue weighted by molar-refractivity contribution is 5.51. The molecule has 0 amide bonds. The van der Waals surface area contributed by atoms with Crippen LogP contribution in [0, 0.1) is 17.6 Å². The van der Waals surface area contributed by atoms with Crippen LogP contribution < -0.4 is 10.2 Å². The minimum absolute atomic E-state index is 0.151. The van der Waals surface area contributed by atoms with Crippen molar-refractivity contribution in [1.82, 2.24) is 5.32 Å². The van der Waals surface area contributed by atoms with Crippen LogP contribution in [0.2, 0.25) is 0 Å². The van der Waals surface area contributed by atoms with Crippen molar-refractivity contribution in [1.29, 1.82) is 0 Å². The van der Waals surface area contributed by atoms with E-state index in [1.54, 1.807) is 7.05 Å². The van der Waals surface area contributed by atoms with Crippen molar-refractivity contribution >= 4 is 5.69 Å². The Morgan fingerprint density at radius 1 is 1.32 bits per heavy atom. The third kappa shape index (κ3) is 3.24. The van der Waals surface area contributed by atoms with Crippen molar-refractivity contribution in [2.24, 2.45) is 5.92 Å². The first kappa shape index (κ1) is 14.3. The summed E-state index contributed by atoms with van der Waals surface area (Å²) in [4.78, 5) is 1.86. The van der Waals surface area contributed by atoms with Crippen LogP contribution >= 0.6 is 0 Å². The molecule has 1 fully saturated rings. The predicted molar refractivity (Wildman–Crippen MR) is 74.3 cm³/mol. The van der Waals surface area contributed by atoms with Crippen LogP contribution in [-0.4, -0.2) is 20.1 Å². The molecule has 0 bridgehead atoms. The molecule has 1 aliphatic rings. The van der Waals surface area contributed by atoms with Gasteiger partial charge in [-0.2, -0.15) is 0 Å². The third-order valence-electron chi connectivity index (χ3n) is 3.76. The van der Waals surface area contributed by atoms with Crippen molar-refractivity contribution in [2.75, 3.05) is 25.0 Å². The SMILES string of the molecule is CCCC1CCN(c2c(F)cc(CNC)cc2F)C1. The smallest absolute Gasteiger partial charge is 0.149 e. The lowest BCUT2D eigenvalue weighted by atomic mass is 10.0. The van der Waals surface area contributed by atoms with Gasteiger partial charge in [0, 0.05) is 19.6 Å². The van der Waals surface area contributed by atoms with E-state index in [9.17, 15) is 8.78 Å². The molecular formula is C15H22F2N2. The molecule has 1 aromatic carbocycles. The molecular weight excluding hydrogens is 246 g/mol. The van der Waals surface area contributed by atoms with Gasteiger partial charge in [-0.3, -0.25) is 0 Å². The van der Waals surface area contributed by atoms with Gasteiger partial charge in [-0.1, -0.05) is 13.3 Å². The molecule has 1 aliphatic heterocycles. The second-order valence-electron chi connectivity index (χ2n) is 5.33. The lowest BCUT2D eigenvalue weighted by molar-refractivity contribution is 0.526. The number of hydrogen-bond donors (Lipinski definition) is 1. The van der Waals surface area contributed by atoms with E-state index in [4.69, 9.17) is 0 Å². The molecule has 0 aliphatic carbocycles. The van der Waals surface area contributed by atoms with Crippen LogP contribution in [-0.2, 0) is 6.54 Å². The Balaban J connectivity index is 2.16. The summed E-state index contributed by atoms with van der Waals surface area (Å²) >= 11 is 0. The van der Waals surface area contributed by atoms with E-state index >= 15 is 0 Å². The van der Waals surface area contributed by atoms with Gasteiger partial charge in [-0.25, -0.2) is 8.78 Å². The van der Waals surface area contributed by atoms with Crippen LogP contribution in [0.5, 0.6) is 0 Å². The Kier molecular flexibility index (Phi) is 4.75. The predicted octanol–water partition coefficient (Wildman–Crippen LogP) is 3.31. The van der Waals surface area contributed by atoms with Crippen molar-refractivity contribution in [3.63, 3.8) is 0 Å². The molecule has 2 rings (SSSR count). The Bertz CT molecular complexity index is 411. The van der Waals surface area contributed by atoms with E-state index in [0.717, 1.165) is 32.4 Å². The van der Waals surface area contributed by atoms with E-state index in [2.05, 4.69) is 12.2 Å². The van der Waals surface area contributed by atoms with E-state index in [1.165, 1.54) is 12.1 Å². The van der Waals surface area contributed by atoms with Crippen molar-refractivity contribution < 1.29 is 8.78 Å². The number of benzene rings is 1. The maximum Gasteiger partial charge on any atom is 0.149 e. The largest absolute Gasteiger partial charge is 0.367 e. The van der Waals surface area contributed by atoms with Gasteiger partial charge >= 0.3 is 0 Å². The summed E-state index contributed by atoms with van der Waals surface area (Å²) in [6.45, 7) is 4.15. The molecule has 1 aromatic rings. The fourth-order valence-electron chi connectivity index (χ4n) is 2.91. The molecule has 1 saturated heterocycles. The maximum atomic E-state index is 14.1. The molecule has 0 aromatic heterocycles. The standard InChI is InChI=1S/C15H22F2N2/c1-3-4-11-5-6-19(10-11)15-13(16)7-12(9-18-2)8-14(15)17/h7-8,11,18H,3-6,9-10H2,1-2H3. The second kappa shape index (κ2) is 6.33. The Hall–Kier alpha value is -1.16. The van der Waals surface area contributed by atoms with Gasteiger partial charge in [0.1, 0.15) is 17.3 Å². The summed E-state index contributed by atoms with van der Waals surface area (Å²) in [5, 5.41) is 2.90. The summed E-state index contributed by atoms with van der Waals surface area (Å²) in [5.41, 5.74) is 0.795. The van der Waals surface area contributed by atoms with Crippen molar-refractivity contribution in [3.05, 3.63) is 29.3 Å². The lowest BCUT2D eigenvalue weighted by Gasteiger charge is -2.20. The zero-order chi connectivity index (χ0) is 13.8. The third-order valence-corrected chi connectivity index (χ3v) is 3.76. The highest BCUT2D eigenvalue weighted by Gasteiger charge is 2.26. The fourth-order valence-corrected chi connectivity index (χ4v) is 2.91. The molecule has 0 spiro atoms. The van der Waals surface area contributed by atoms with Crippen molar-refractivity contribution in [2.45, 2.75) is 32.7 Å². The van der Waals surface area contributed by atoms with E-state index in [-0.39, 0.29) is 5.69 Å². The average molecular weight is 268 g/mol. The van der Waals surface area contributed by atoms with Gasteiger partial charge < -0.3 is 10.2 Å². The first-order chi connectivity index (χ1) is 9.15. The molecule has 0 radical (unpaired) electrons. The van der Waals surface area contributed by atoms with Gasteiger partial charge in [0.2, 0.25) is 0 Å². The van der Waals surface area contributed by atoms with Crippen molar-refractivity contribution in [3.8, 4) is 0 Å². The Morgan fingerprint density at radius 3 is 2.58 bits per heavy atom. The number of hydrogen-bond acceptors (Lipinski definition) is 2. The number of nitrogens with zero attached hydrogens (tertiary/aromatic N) is 1. The van der Waals surface area contributed by atoms with Gasteiger partial charge in [0.15, 0.2) is 0 Å². The summed E-state index contributed by atoms with van der Waals surface area (Å²) in [5.74, 6) is -0.314. The summed E-state index contributed by atoms with van der Waals surface area (Å²) in [6, 6.07) is 2.87. The van der Waals surface area contributed by atoms with Crippen LogP contribution in [0.15, 0.2) is 12.1 Å². The highest BCUT2D eigenvalue weighted by Crippen LogP contribution is 2.31. The molecule has 1 heterocycles. The topological polar surface area (TPSA) is 15.3 Å². The van der Waals surface area contributed by atoms with Gasteiger partial charge in [-0.05, 0) is 43.5 Å². The molecule has 2 nitrogen and oxygen atoms in total. The Morgan fingerprint density at radius 2 is 2.00 bits per heavy atom. The number of nitrogens with one attached hydrogen (secondary N) is 1. The van der Waals surface area contributed by atoms with Crippen LogP contribution in [0.3, 0.4) is 0 Å². The Labute approximate surface area is 113 Å². The monoisotopic (exact) mass is 268 g/mol. The summed E-state index contributed by atoms with van der Waals surface area (Å²) in [6.07, 6.45) is 3.30. The summed E-state index contributed by atoms with van der Waals surface area (Å²) < 4.78 is 28.2. The summed E-state index contributed by atoms with van der Waals surface area (Å²) in [7, 11) is 1.76. The first-order valence-electron chi connectivity index (χ1n) is 7.03. The van der Waals surface area contributed by atoms with Gasteiger partial charge in [0.05, 0.1) is 0 Å². The van der Waals surface area contributed by atoms with Crippen LogP contribution in [0.1, 0.15) is 31.7 Å². The number of rotatable bonds is 5. The zero-order valence-corrected chi connectivity index (χ0v) is 11.7. The van der Waals surface area contributed by atoms with Gasteiger partial charge in [-0.15, -0.1) is 0 Å². The highest BCUT2D eigenvalue weighted by atomic mass is 19.1. The normalized spacial score (nSPS) is 19.2. The second-order valence-corrected chi connectivity index (χ2v) is 5.33. The van der Waals surface area contributed by atoms with E-state index in [0.29, 0.717) is 18.0 Å². The fraction of sp³-hybridized carbons (Fsp3) is 0.600. The molecule has 106 valence electrons. The zero-order valence-electron chi connectivity index (χ0n) is 11.7. The minimum atomic E-state index is -0.442. The molecule has 19 heavy (non-hydrogen) atoms. The minimum Gasteiger partial charge on any atom is -0.367 e. The number of anilines is 1. The number of halogens is 2. The lowest BCUT2D eigenvalue weighted by Crippen LogP contribution is -2.22. The van der Waals surface area contributed by atoms with Crippen LogP contribution in [0.4, 0.5) is 14.5 Å². The molecule has 0 saturated carbocycles. The van der Waals surface area contributed by atoms with E-state index in [1.807, 2.05) is 4.90 Å². The molecule has 4 heteroatoms. The van der Waals surface area contributed by atoms with Gasteiger partial charge in [0.25, 0.3) is 0 Å². The average Bonchev–Trinajstić information content (AvgIpc) is 2.77. The molecule has 1 N–H and O–H groups in total. The molecule has 1 unspecified atom stereocenters.